The second-order valence-corrected chi connectivity index (χ2v) is 4.11. The Bertz CT molecular complexity index is 523. The van der Waals surface area contributed by atoms with Gasteiger partial charge in [-0.05, 0) is 6.07 Å². The van der Waals surface area contributed by atoms with Gasteiger partial charge in [0.25, 0.3) is 0 Å². The Balaban J connectivity index is 2.31. The third-order valence-electron chi connectivity index (χ3n) is 2.06. The number of thiocarbonyl (C=S) groups is 1. The summed E-state index contributed by atoms with van der Waals surface area (Å²) in [4.78, 5) is 4.43. The average Bonchev–Trinajstić information content (AvgIpc) is 2.64. The van der Waals surface area contributed by atoms with E-state index in [1.54, 1.807) is 23.3 Å². The van der Waals surface area contributed by atoms with Crippen molar-refractivity contribution in [1.82, 2.24) is 14.8 Å². The maximum absolute atomic E-state index is 5.78. The zero-order valence-corrected chi connectivity index (χ0v) is 9.87. The van der Waals surface area contributed by atoms with Crippen molar-refractivity contribution in [2.24, 2.45) is 5.73 Å². The highest BCUT2D eigenvalue weighted by atomic mass is 35.5. The molecule has 2 aromatic rings. The van der Waals surface area contributed by atoms with Gasteiger partial charge in [0.15, 0.2) is 0 Å². The van der Waals surface area contributed by atoms with E-state index in [4.69, 9.17) is 29.6 Å². The van der Waals surface area contributed by atoms with Crippen LogP contribution in [0.4, 0.5) is 0 Å². The molecule has 0 atom stereocenters. The maximum Gasteiger partial charge on any atom is 0.123 e. The summed E-state index contributed by atoms with van der Waals surface area (Å²) >= 11 is 10.7. The smallest absolute Gasteiger partial charge is 0.123 e. The van der Waals surface area contributed by atoms with Gasteiger partial charge in [0.05, 0.1) is 17.8 Å². The van der Waals surface area contributed by atoms with E-state index in [1.165, 1.54) is 0 Å². The standard InChI is InChI=1S/C10H9ClN4S/c11-8-4-14-15(6-8)5-7-2-1-3-13-9(7)10(12)16/h1-4,6H,5H2,(H2,12,16). The first-order valence-electron chi connectivity index (χ1n) is 4.58. The van der Waals surface area contributed by atoms with Crippen molar-refractivity contribution >= 4 is 28.8 Å². The first-order valence-corrected chi connectivity index (χ1v) is 5.37. The largest absolute Gasteiger partial charge is 0.388 e. The van der Waals surface area contributed by atoms with Gasteiger partial charge in [0, 0.05) is 18.0 Å². The fraction of sp³-hybridized carbons (Fsp3) is 0.100. The number of halogens is 1. The molecule has 2 heterocycles. The van der Waals surface area contributed by atoms with Crippen LogP contribution in [0.5, 0.6) is 0 Å². The molecule has 6 heteroatoms. The number of nitrogens with two attached hydrogens (primary N) is 1. The normalized spacial score (nSPS) is 10.3. The lowest BCUT2D eigenvalue weighted by atomic mass is 10.2. The highest BCUT2D eigenvalue weighted by Gasteiger charge is 2.07. The van der Waals surface area contributed by atoms with Crippen molar-refractivity contribution in [2.45, 2.75) is 6.54 Å². The molecule has 2 N–H and O–H groups in total. The number of aromatic nitrogens is 3. The molecule has 2 aromatic heterocycles. The average molecular weight is 253 g/mol. The number of hydrogen-bond acceptors (Lipinski definition) is 3. The Morgan fingerprint density at radius 2 is 2.38 bits per heavy atom. The summed E-state index contributed by atoms with van der Waals surface area (Å²) in [5.41, 5.74) is 7.14. The van der Waals surface area contributed by atoms with Gasteiger partial charge >= 0.3 is 0 Å². The molecule has 16 heavy (non-hydrogen) atoms. The molecule has 0 aliphatic carbocycles. The summed E-state index contributed by atoms with van der Waals surface area (Å²) < 4.78 is 1.71. The van der Waals surface area contributed by atoms with Gasteiger partial charge in [-0.15, -0.1) is 0 Å². The summed E-state index contributed by atoms with van der Waals surface area (Å²) in [6.07, 6.45) is 4.98. The predicted molar refractivity (Wildman–Crippen MR) is 66.5 cm³/mol. The van der Waals surface area contributed by atoms with E-state index in [2.05, 4.69) is 10.1 Å². The molecule has 0 aliphatic rings. The van der Waals surface area contributed by atoms with E-state index in [1.807, 2.05) is 12.1 Å². The lowest BCUT2D eigenvalue weighted by Crippen LogP contribution is -2.16. The second-order valence-electron chi connectivity index (χ2n) is 3.23. The van der Waals surface area contributed by atoms with Crippen molar-refractivity contribution < 1.29 is 0 Å². The second kappa shape index (κ2) is 4.59. The molecule has 0 aliphatic heterocycles. The molecule has 4 nitrogen and oxygen atoms in total. The molecule has 82 valence electrons. The molecule has 0 fully saturated rings. The monoisotopic (exact) mass is 252 g/mol. The van der Waals surface area contributed by atoms with Gasteiger partial charge < -0.3 is 5.73 Å². The zero-order valence-electron chi connectivity index (χ0n) is 8.30. The van der Waals surface area contributed by atoms with Gasteiger partial charge in [0.1, 0.15) is 10.7 Å². The van der Waals surface area contributed by atoms with Crippen LogP contribution in [0.1, 0.15) is 11.3 Å². The molecule has 2 rings (SSSR count). The molecule has 0 spiro atoms. The summed E-state index contributed by atoms with van der Waals surface area (Å²) in [6, 6.07) is 3.75. The van der Waals surface area contributed by atoms with Crippen LogP contribution in [0.2, 0.25) is 5.02 Å². The first-order chi connectivity index (χ1) is 7.66. The van der Waals surface area contributed by atoms with Gasteiger partial charge in [0.2, 0.25) is 0 Å². The molecule has 0 unspecified atom stereocenters. The summed E-state index contributed by atoms with van der Waals surface area (Å²) in [6.45, 7) is 0.549. The van der Waals surface area contributed by atoms with E-state index >= 15 is 0 Å². The van der Waals surface area contributed by atoms with Gasteiger partial charge in [-0.1, -0.05) is 29.9 Å². The van der Waals surface area contributed by atoms with Crippen molar-refractivity contribution in [3.05, 3.63) is 47.0 Å². The number of hydrogen-bond donors (Lipinski definition) is 1. The van der Waals surface area contributed by atoms with E-state index in [9.17, 15) is 0 Å². The third kappa shape index (κ3) is 2.37. The number of pyridine rings is 1. The summed E-state index contributed by atoms with van der Waals surface area (Å²) in [5, 5.41) is 4.68. The molecule has 0 aromatic carbocycles. The van der Waals surface area contributed by atoms with Crippen LogP contribution in [0.25, 0.3) is 0 Å². The molecule has 0 amide bonds. The highest BCUT2D eigenvalue weighted by molar-refractivity contribution is 7.80. The molecule has 0 radical (unpaired) electrons. The van der Waals surface area contributed by atoms with Crippen molar-refractivity contribution in [3.63, 3.8) is 0 Å². The minimum atomic E-state index is 0.286. The SMILES string of the molecule is NC(=S)c1ncccc1Cn1cc(Cl)cn1. The van der Waals surface area contributed by atoms with Gasteiger partial charge in [-0.25, -0.2) is 0 Å². The Kier molecular flexibility index (Phi) is 3.17. The fourth-order valence-corrected chi connectivity index (χ4v) is 1.73. The van der Waals surface area contributed by atoms with Crippen LogP contribution in [0, 0.1) is 0 Å². The van der Waals surface area contributed by atoms with Crippen LogP contribution in [-0.2, 0) is 6.54 Å². The molecule has 0 saturated heterocycles. The molecular weight excluding hydrogens is 244 g/mol. The lowest BCUT2D eigenvalue weighted by Gasteiger charge is -2.06. The van der Waals surface area contributed by atoms with E-state index < -0.39 is 0 Å². The third-order valence-corrected chi connectivity index (χ3v) is 2.45. The van der Waals surface area contributed by atoms with Crippen LogP contribution in [0.15, 0.2) is 30.7 Å². The van der Waals surface area contributed by atoms with Crippen LogP contribution in [-0.4, -0.2) is 19.8 Å². The summed E-state index contributed by atoms with van der Waals surface area (Å²) in [7, 11) is 0. The van der Waals surface area contributed by atoms with Crippen molar-refractivity contribution in [1.29, 1.82) is 0 Å². The Labute approximate surface area is 103 Å². The van der Waals surface area contributed by atoms with Crippen LogP contribution in [0.3, 0.4) is 0 Å². The van der Waals surface area contributed by atoms with Crippen molar-refractivity contribution in [2.75, 3.05) is 0 Å². The Hall–Kier alpha value is -1.46. The maximum atomic E-state index is 5.78. The number of rotatable bonds is 3. The van der Waals surface area contributed by atoms with E-state index in [-0.39, 0.29) is 4.99 Å². The molecular formula is C10H9ClN4S. The summed E-state index contributed by atoms with van der Waals surface area (Å²) in [5.74, 6) is 0. The zero-order chi connectivity index (χ0) is 11.5. The van der Waals surface area contributed by atoms with Gasteiger partial charge in [-0.2, -0.15) is 5.10 Å². The predicted octanol–water partition coefficient (Wildman–Crippen LogP) is 1.61. The first kappa shape index (κ1) is 11.0. The highest BCUT2D eigenvalue weighted by Crippen LogP contribution is 2.10. The van der Waals surface area contributed by atoms with Gasteiger partial charge in [-0.3, -0.25) is 9.67 Å². The van der Waals surface area contributed by atoms with E-state index in [0.29, 0.717) is 17.3 Å². The molecule has 0 bridgehead atoms. The minimum Gasteiger partial charge on any atom is -0.388 e. The Morgan fingerprint density at radius 3 is 3.00 bits per heavy atom. The van der Waals surface area contributed by atoms with Crippen LogP contribution >= 0.6 is 23.8 Å². The lowest BCUT2D eigenvalue weighted by molar-refractivity contribution is 0.684. The number of nitrogens with zero attached hydrogens (tertiary/aromatic N) is 3. The topological polar surface area (TPSA) is 56.7 Å². The minimum absolute atomic E-state index is 0.286. The Morgan fingerprint density at radius 1 is 1.56 bits per heavy atom. The molecule has 0 saturated carbocycles. The van der Waals surface area contributed by atoms with E-state index in [0.717, 1.165) is 5.56 Å². The fourth-order valence-electron chi connectivity index (χ4n) is 1.39. The quantitative estimate of drug-likeness (QED) is 0.844. The van der Waals surface area contributed by atoms with Crippen LogP contribution < -0.4 is 5.73 Å². The van der Waals surface area contributed by atoms with Crippen molar-refractivity contribution in [3.8, 4) is 0 Å².